The van der Waals surface area contributed by atoms with Crippen molar-refractivity contribution in [1.29, 1.82) is 0 Å². The van der Waals surface area contributed by atoms with Crippen LogP contribution >= 0.6 is 11.6 Å². The highest BCUT2D eigenvalue weighted by Crippen LogP contribution is 2.24. The minimum absolute atomic E-state index is 0.0539. The maximum Gasteiger partial charge on any atom is 0.325 e. The van der Waals surface area contributed by atoms with Crippen LogP contribution in [0.5, 0.6) is 0 Å². The largest absolute Gasteiger partial charge is 0.341 e. The number of urea groups is 1. The summed E-state index contributed by atoms with van der Waals surface area (Å²) in [7, 11) is 0. The zero-order chi connectivity index (χ0) is 16.4. The Labute approximate surface area is 141 Å². The van der Waals surface area contributed by atoms with Crippen molar-refractivity contribution in [3.8, 4) is 0 Å². The van der Waals surface area contributed by atoms with Gasteiger partial charge in [0.25, 0.3) is 0 Å². The SMILES string of the molecule is CC1CCN(C(=O)CN2CCN(c3cccc(Cl)c3)C2=O)CC1. The summed E-state index contributed by atoms with van der Waals surface area (Å²) in [6.45, 7) is 5.16. The smallest absolute Gasteiger partial charge is 0.325 e. The van der Waals surface area contributed by atoms with E-state index in [9.17, 15) is 9.59 Å². The van der Waals surface area contributed by atoms with Crippen molar-refractivity contribution in [2.75, 3.05) is 37.6 Å². The van der Waals surface area contributed by atoms with Crippen molar-refractivity contribution < 1.29 is 9.59 Å². The van der Waals surface area contributed by atoms with Gasteiger partial charge in [-0.25, -0.2) is 4.79 Å². The fourth-order valence-corrected chi connectivity index (χ4v) is 3.32. The molecule has 2 fully saturated rings. The number of rotatable bonds is 3. The average molecular weight is 336 g/mol. The lowest BCUT2D eigenvalue weighted by Gasteiger charge is -2.31. The quantitative estimate of drug-likeness (QED) is 0.852. The highest BCUT2D eigenvalue weighted by molar-refractivity contribution is 6.30. The van der Waals surface area contributed by atoms with Crippen molar-refractivity contribution in [3.63, 3.8) is 0 Å². The van der Waals surface area contributed by atoms with Crippen LogP contribution in [0.15, 0.2) is 24.3 Å². The van der Waals surface area contributed by atoms with Crippen LogP contribution in [-0.4, -0.2) is 54.5 Å². The molecular weight excluding hydrogens is 314 g/mol. The second-order valence-electron chi connectivity index (χ2n) is 6.40. The Morgan fingerprint density at radius 2 is 1.96 bits per heavy atom. The predicted molar refractivity (Wildman–Crippen MR) is 90.7 cm³/mol. The second kappa shape index (κ2) is 6.79. The Bertz CT molecular complexity index is 599. The molecule has 2 aliphatic rings. The Morgan fingerprint density at radius 1 is 1.22 bits per heavy atom. The summed E-state index contributed by atoms with van der Waals surface area (Å²) in [5, 5.41) is 0.604. The van der Waals surface area contributed by atoms with Gasteiger partial charge >= 0.3 is 6.03 Å². The zero-order valence-corrected chi connectivity index (χ0v) is 14.1. The Balaban J connectivity index is 1.60. The van der Waals surface area contributed by atoms with Crippen LogP contribution in [0, 0.1) is 5.92 Å². The molecule has 3 rings (SSSR count). The highest BCUT2D eigenvalue weighted by Gasteiger charge is 2.32. The lowest BCUT2D eigenvalue weighted by atomic mass is 9.99. The summed E-state index contributed by atoms with van der Waals surface area (Å²) in [5.74, 6) is 0.740. The average Bonchev–Trinajstić information content (AvgIpc) is 2.89. The Kier molecular flexibility index (Phi) is 4.76. The molecule has 5 nitrogen and oxygen atoms in total. The second-order valence-corrected chi connectivity index (χ2v) is 6.84. The van der Waals surface area contributed by atoms with E-state index in [4.69, 9.17) is 11.6 Å². The lowest BCUT2D eigenvalue weighted by molar-refractivity contribution is -0.132. The molecule has 2 heterocycles. The van der Waals surface area contributed by atoms with E-state index in [-0.39, 0.29) is 18.5 Å². The molecule has 23 heavy (non-hydrogen) atoms. The van der Waals surface area contributed by atoms with Gasteiger partial charge in [-0.2, -0.15) is 0 Å². The first kappa shape index (κ1) is 16.1. The Hall–Kier alpha value is -1.75. The van der Waals surface area contributed by atoms with Gasteiger partial charge in [-0.15, -0.1) is 0 Å². The number of amides is 3. The molecule has 2 saturated heterocycles. The van der Waals surface area contributed by atoms with Crippen LogP contribution in [-0.2, 0) is 4.79 Å². The highest BCUT2D eigenvalue weighted by atomic mass is 35.5. The van der Waals surface area contributed by atoms with Gasteiger partial charge in [-0.1, -0.05) is 24.6 Å². The summed E-state index contributed by atoms with van der Waals surface area (Å²) in [6, 6.07) is 7.13. The van der Waals surface area contributed by atoms with Gasteiger partial charge in [-0.3, -0.25) is 9.69 Å². The minimum Gasteiger partial charge on any atom is -0.341 e. The van der Waals surface area contributed by atoms with Crippen molar-refractivity contribution in [2.24, 2.45) is 5.92 Å². The van der Waals surface area contributed by atoms with E-state index in [1.54, 1.807) is 21.9 Å². The number of halogens is 1. The first-order valence-corrected chi connectivity index (χ1v) is 8.52. The number of carbonyl (C=O) groups is 2. The van der Waals surface area contributed by atoms with Gasteiger partial charge in [0.1, 0.15) is 6.54 Å². The maximum atomic E-state index is 12.5. The number of likely N-dealkylation sites (tertiary alicyclic amines) is 1. The normalized spacial score (nSPS) is 19.6. The van der Waals surface area contributed by atoms with E-state index >= 15 is 0 Å². The first-order chi connectivity index (χ1) is 11.0. The van der Waals surface area contributed by atoms with E-state index < -0.39 is 0 Å². The van der Waals surface area contributed by atoms with Gasteiger partial charge < -0.3 is 9.80 Å². The molecule has 0 aliphatic carbocycles. The topological polar surface area (TPSA) is 43.9 Å². The molecule has 0 unspecified atom stereocenters. The minimum atomic E-state index is -0.119. The summed E-state index contributed by atoms with van der Waals surface area (Å²) >= 11 is 5.99. The molecule has 1 aromatic rings. The zero-order valence-electron chi connectivity index (χ0n) is 13.4. The molecule has 3 amide bonds. The van der Waals surface area contributed by atoms with Crippen LogP contribution in [0.25, 0.3) is 0 Å². The van der Waals surface area contributed by atoms with Crippen LogP contribution in [0.1, 0.15) is 19.8 Å². The fraction of sp³-hybridized carbons (Fsp3) is 0.529. The van der Waals surface area contributed by atoms with Crippen molar-refractivity contribution in [3.05, 3.63) is 29.3 Å². The summed E-state index contributed by atoms with van der Waals surface area (Å²) in [5.41, 5.74) is 0.782. The summed E-state index contributed by atoms with van der Waals surface area (Å²) < 4.78 is 0. The molecule has 0 aromatic heterocycles. The molecule has 0 bridgehead atoms. The number of benzene rings is 1. The maximum absolute atomic E-state index is 12.5. The van der Waals surface area contributed by atoms with E-state index in [1.807, 2.05) is 17.0 Å². The van der Waals surface area contributed by atoms with Gasteiger partial charge in [0.05, 0.1) is 0 Å². The predicted octanol–water partition coefficient (Wildman–Crippen LogP) is 2.84. The van der Waals surface area contributed by atoms with Gasteiger partial charge in [0.15, 0.2) is 0 Å². The number of nitrogens with zero attached hydrogens (tertiary/aromatic N) is 3. The molecule has 124 valence electrons. The third kappa shape index (κ3) is 3.61. The monoisotopic (exact) mass is 335 g/mol. The molecule has 2 aliphatic heterocycles. The Morgan fingerprint density at radius 3 is 2.65 bits per heavy atom. The molecule has 0 spiro atoms. The van der Waals surface area contributed by atoms with Crippen molar-refractivity contribution in [1.82, 2.24) is 9.80 Å². The third-order valence-electron chi connectivity index (χ3n) is 4.68. The molecular formula is C17H22ClN3O2. The molecule has 6 heteroatoms. The molecule has 0 radical (unpaired) electrons. The van der Waals surface area contributed by atoms with E-state index in [0.717, 1.165) is 31.6 Å². The molecule has 1 aromatic carbocycles. The number of piperidine rings is 1. The van der Waals surface area contributed by atoms with Crippen LogP contribution in [0.3, 0.4) is 0 Å². The summed E-state index contributed by atoms with van der Waals surface area (Å²) in [6.07, 6.45) is 2.10. The molecule has 0 N–H and O–H groups in total. The van der Waals surface area contributed by atoms with Crippen LogP contribution < -0.4 is 4.90 Å². The standard InChI is InChI=1S/C17H22ClN3O2/c1-13-5-7-19(8-6-13)16(22)12-20-9-10-21(17(20)23)15-4-2-3-14(18)11-15/h2-4,11,13H,5-10,12H2,1H3. The van der Waals surface area contributed by atoms with Crippen LogP contribution in [0.2, 0.25) is 5.02 Å². The number of hydrogen-bond donors (Lipinski definition) is 0. The lowest BCUT2D eigenvalue weighted by Crippen LogP contribution is -2.45. The van der Waals surface area contributed by atoms with E-state index in [0.29, 0.717) is 24.0 Å². The fourth-order valence-electron chi connectivity index (χ4n) is 3.13. The molecule has 0 saturated carbocycles. The number of anilines is 1. The van der Waals surface area contributed by atoms with Crippen molar-refractivity contribution >= 4 is 29.2 Å². The van der Waals surface area contributed by atoms with Crippen molar-refractivity contribution in [2.45, 2.75) is 19.8 Å². The van der Waals surface area contributed by atoms with Gasteiger partial charge in [0, 0.05) is 36.9 Å². The van der Waals surface area contributed by atoms with Crippen LogP contribution in [0.4, 0.5) is 10.5 Å². The third-order valence-corrected chi connectivity index (χ3v) is 4.91. The van der Waals surface area contributed by atoms with E-state index in [2.05, 4.69) is 6.92 Å². The molecule has 0 atom stereocenters. The van der Waals surface area contributed by atoms with E-state index in [1.165, 1.54) is 0 Å². The first-order valence-electron chi connectivity index (χ1n) is 8.14. The van der Waals surface area contributed by atoms with Gasteiger partial charge in [-0.05, 0) is 37.0 Å². The summed E-state index contributed by atoms with van der Waals surface area (Å²) in [4.78, 5) is 30.1. The number of hydrogen-bond acceptors (Lipinski definition) is 2. The van der Waals surface area contributed by atoms with Gasteiger partial charge in [0.2, 0.25) is 5.91 Å². The number of carbonyl (C=O) groups excluding carboxylic acids is 2.